The Morgan fingerprint density at radius 1 is 1.10 bits per heavy atom. The molecule has 0 aliphatic heterocycles. The first-order valence-corrected chi connectivity index (χ1v) is 9.64. The summed E-state index contributed by atoms with van der Waals surface area (Å²) in [7, 11) is 0. The van der Waals surface area contributed by atoms with E-state index in [-0.39, 0.29) is 23.9 Å². The number of carbonyl (C=O) groups is 2. The summed E-state index contributed by atoms with van der Waals surface area (Å²) in [5.74, 6) is 0.152. The van der Waals surface area contributed by atoms with E-state index in [9.17, 15) is 14.4 Å². The maximum atomic E-state index is 12.6. The van der Waals surface area contributed by atoms with E-state index in [1.165, 1.54) is 4.57 Å². The molecular weight excluding hydrogens is 368 g/mol. The van der Waals surface area contributed by atoms with Crippen LogP contribution >= 0.6 is 0 Å². The van der Waals surface area contributed by atoms with E-state index >= 15 is 0 Å². The van der Waals surface area contributed by atoms with Gasteiger partial charge in [0.05, 0.1) is 10.9 Å². The van der Waals surface area contributed by atoms with Crippen molar-refractivity contribution in [2.24, 2.45) is 0 Å². The van der Waals surface area contributed by atoms with Gasteiger partial charge in [-0.15, -0.1) is 0 Å². The predicted molar refractivity (Wildman–Crippen MR) is 110 cm³/mol. The van der Waals surface area contributed by atoms with Gasteiger partial charge in [0, 0.05) is 18.2 Å². The minimum Gasteiger partial charge on any atom is -0.350 e. The molecule has 29 heavy (non-hydrogen) atoms. The highest BCUT2D eigenvalue weighted by Gasteiger charge is 2.23. The standard InChI is InChI=1S/C22H22N4O3/c1-14-24-19-5-3-2-4-18(19)22(29)26(14)13-20(27)23-12-15-6-8-16(9-7-15)21(28)25-17-10-11-17/h2-9,17H,10-13H2,1H3,(H,23,27)(H,25,28). The van der Waals surface area contributed by atoms with Crippen LogP contribution in [0.5, 0.6) is 0 Å². The molecule has 7 heteroatoms. The number of fused-ring (bicyclic) bond motifs is 1. The number of nitrogens with zero attached hydrogens (tertiary/aromatic N) is 2. The van der Waals surface area contributed by atoms with Crippen molar-refractivity contribution < 1.29 is 9.59 Å². The quantitative estimate of drug-likeness (QED) is 0.672. The van der Waals surface area contributed by atoms with Crippen LogP contribution in [0.25, 0.3) is 10.9 Å². The highest BCUT2D eigenvalue weighted by atomic mass is 16.2. The number of nitrogens with one attached hydrogen (secondary N) is 2. The average Bonchev–Trinajstić information content (AvgIpc) is 3.54. The summed E-state index contributed by atoms with van der Waals surface area (Å²) in [5, 5.41) is 6.25. The molecule has 0 radical (unpaired) electrons. The molecule has 148 valence electrons. The van der Waals surface area contributed by atoms with Gasteiger partial charge >= 0.3 is 0 Å². The summed E-state index contributed by atoms with van der Waals surface area (Å²) in [6.45, 7) is 1.94. The Morgan fingerprint density at radius 3 is 2.55 bits per heavy atom. The number of hydrogen-bond acceptors (Lipinski definition) is 4. The predicted octanol–water partition coefficient (Wildman–Crippen LogP) is 1.91. The van der Waals surface area contributed by atoms with E-state index in [1.807, 2.05) is 18.2 Å². The van der Waals surface area contributed by atoms with Crippen molar-refractivity contribution in [1.82, 2.24) is 20.2 Å². The molecule has 0 saturated heterocycles. The molecule has 3 aromatic rings. The number of aromatic nitrogens is 2. The lowest BCUT2D eigenvalue weighted by Crippen LogP contribution is -2.33. The van der Waals surface area contributed by atoms with E-state index in [0.29, 0.717) is 34.9 Å². The summed E-state index contributed by atoms with van der Waals surface area (Å²) < 4.78 is 1.38. The molecule has 1 heterocycles. The van der Waals surface area contributed by atoms with Crippen molar-refractivity contribution in [2.75, 3.05) is 0 Å². The summed E-state index contributed by atoms with van der Waals surface area (Å²) >= 11 is 0. The number of hydrogen-bond donors (Lipinski definition) is 2. The van der Waals surface area contributed by atoms with Gasteiger partial charge in [-0.3, -0.25) is 19.0 Å². The Balaban J connectivity index is 1.38. The van der Waals surface area contributed by atoms with Gasteiger partial charge in [0.15, 0.2) is 0 Å². The fourth-order valence-corrected chi connectivity index (χ4v) is 3.14. The smallest absolute Gasteiger partial charge is 0.261 e. The largest absolute Gasteiger partial charge is 0.350 e. The number of carbonyl (C=O) groups excluding carboxylic acids is 2. The Labute approximate surface area is 167 Å². The molecule has 1 saturated carbocycles. The number of benzene rings is 2. The van der Waals surface area contributed by atoms with Crippen LogP contribution in [-0.2, 0) is 17.9 Å². The summed E-state index contributed by atoms with van der Waals surface area (Å²) in [6, 6.07) is 14.5. The molecule has 2 N–H and O–H groups in total. The second-order valence-corrected chi connectivity index (χ2v) is 7.29. The summed E-state index contributed by atoms with van der Waals surface area (Å²) in [5.41, 5.74) is 1.88. The van der Waals surface area contributed by atoms with Crippen LogP contribution in [0.4, 0.5) is 0 Å². The first-order valence-electron chi connectivity index (χ1n) is 9.64. The maximum absolute atomic E-state index is 12.6. The van der Waals surface area contributed by atoms with Crippen LogP contribution < -0.4 is 16.2 Å². The zero-order valence-electron chi connectivity index (χ0n) is 16.1. The van der Waals surface area contributed by atoms with Gasteiger partial charge in [-0.25, -0.2) is 4.98 Å². The van der Waals surface area contributed by atoms with Crippen molar-refractivity contribution in [3.8, 4) is 0 Å². The second kappa shape index (κ2) is 7.87. The normalized spacial score (nSPS) is 13.3. The van der Waals surface area contributed by atoms with Crippen molar-refractivity contribution in [3.05, 3.63) is 75.8 Å². The molecule has 0 unspecified atom stereocenters. The molecule has 0 bridgehead atoms. The Hall–Kier alpha value is -3.48. The van der Waals surface area contributed by atoms with Gasteiger partial charge in [-0.1, -0.05) is 24.3 Å². The van der Waals surface area contributed by atoms with Crippen LogP contribution in [0.1, 0.15) is 34.6 Å². The van der Waals surface area contributed by atoms with Crippen LogP contribution in [0.3, 0.4) is 0 Å². The monoisotopic (exact) mass is 390 g/mol. The van der Waals surface area contributed by atoms with Crippen molar-refractivity contribution in [2.45, 2.75) is 38.9 Å². The Bertz CT molecular complexity index is 1130. The minimum absolute atomic E-state index is 0.0678. The first-order chi connectivity index (χ1) is 14.0. The SMILES string of the molecule is Cc1nc2ccccc2c(=O)n1CC(=O)NCc1ccc(C(=O)NC2CC2)cc1. The van der Waals surface area contributed by atoms with Gasteiger partial charge in [-0.05, 0) is 49.6 Å². The molecule has 1 aliphatic carbocycles. The molecule has 1 aliphatic rings. The van der Waals surface area contributed by atoms with Gasteiger partial charge in [0.25, 0.3) is 11.5 Å². The fourth-order valence-electron chi connectivity index (χ4n) is 3.14. The summed E-state index contributed by atoms with van der Waals surface area (Å²) in [6.07, 6.45) is 2.09. The first kappa shape index (κ1) is 18.9. The van der Waals surface area contributed by atoms with E-state index in [4.69, 9.17) is 0 Å². The molecule has 7 nitrogen and oxygen atoms in total. The highest BCUT2D eigenvalue weighted by Crippen LogP contribution is 2.19. The number of para-hydroxylation sites is 1. The maximum Gasteiger partial charge on any atom is 0.261 e. The van der Waals surface area contributed by atoms with Crippen LogP contribution in [0.15, 0.2) is 53.3 Å². The van der Waals surface area contributed by atoms with Gasteiger partial charge in [0.2, 0.25) is 5.91 Å². The topological polar surface area (TPSA) is 93.1 Å². The number of rotatable bonds is 6. The van der Waals surface area contributed by atoms with Crippen molar-refractivity contribution in [1.29, 1.82) is 0 Å². The minimum atomic E-state index is -0.275. The molecule has 1 fully saturated rings. The number of aryl methyl sites for hydroxylation is 1. The van der Waals surface area contributed by atoms with Crippen LogP contribution in [0, 0.1) is 6.92 Å². The van der Waals surface area contributed by atoms with Gasteiger partial charge in [-0.2, -0.15) is 0 Å². The van der Waals surface area contributed by atoms with Crippen molar-refractivity contribution in [3.63, 3.8) is 0 Å². The lowest BCUT2D eigenvalue weighted by Gasteiger charge is -2.11. The van der Waals surface area contributed by atoms with Gasteiger partial charge < -0.3 is 10.6 Å². The van der Waals surface area contributed by atoms with Crippen LogP contribution in [0.2, 0.25) is 0 Å². The molecule has 0 atom stereocenters. The lowest BCUT2D eigenvalue weighted by molar-refractivity contribution is -0.121. The molecule has 4 rings (SSSR count). The van der Waals surface area contributed by atoms with E-state index < -0.39 is 0 Å². The third-order valence-corrected chi connectivity index (χ3v) is 4.97. The number of amides is 2. The van der Waals surface area contributed by atoms with E-state index in [0.717, 1.165) is 18.4 Å². The zero-order chi connectivity index (χ0) is 20.4. The second-order valence-electron chi connectivity index (χ2n) is 7.29. The summed E-state index contributed by atoms with van der Waals surface area (Å²) in [4.78, 5) is 41.4. The van der Waals surface area contributed by atoms with Crippen LogP contribution in [-0.4, -0.2) is 27.4 Å². The average molecular weight is 390 g/mol. The molecule has 1 aromatic heterocycles. The Morgan fingerprint density at radius 2 is 1.83 bits per heavy atom. The zero-order valence-corrected chi connectivity index (χ0v) is 16.1. The molecule has 0 spiro atoms. The molecular formula is C22H22N4O3. The van der Waals surface area contributed by atoms with Crippen molar-refractivity contribution >= 4 is 22.7 Å². The lowest BCUT2D eigenvalue weighted by atomic mass is 10.1. The van der Waals surface area contributed by atoms with Gasteiger partial charge in [0.1, 0.15) is 12.4 Å². The fraction of sp³-hybridized carbons (Fsp3) is 0.273. The Kier molecular flexibility index (Phi) is 5.12. The van der Waals surface area contributed by atoms with E-state index in [1.54, 1.807) is 37.3 Å². The highest BCUT2D eigenvalue weighted by molar-refractivity contribution is 5.94. The third kappa shape index (κ3) is 4.34. The third-order valence-electron chi connectivity index (χ3n) is 4.97. The molecule has 2 aromatic carbocycles. The van der Waals surface area contributed by atoms with E-state index in [2.05, 4.69) is 15.6 Å². The molecule has 2 amide bonds.